The molecule has 11 nitrogen and oxygen atoms in total. The van der Waals surface area contributed by atoms with Crippen molar-refractivity contribution in [2.45, 2.75) is 69.8 Å². The smallest absolute Gasteiger partial charge is 0.433 e. The van der Waals surface area contributed by atoms with Crippen molar-refractivity contribution in [1.82, 2.24) is 20.2 Å². The Morgan fingerprint density at radius 2 is 1.79 bits per heavy atom. The van der Waals surface area contributed by atoms with Gasteiger partial charge in [0.15, 0.2) is 11.5 Å². The highest BCUT2D eigenvalue weighted by molar-refractivity contribution is 6.05. The zero-order chi connectivity index (χ0) is 34.2. The second-order valence-corrected chi connectivity index (χ2v) is 12.8. The lowest BCUT2D eigenvalue weighted by Crippen LogP contribution is -2.47. The predicted molar refractivity (Wildman–Crippen MR) is 170 cm³/mol. The summed E-state index contributed by atoms with van der Waals surface area (Å²) in [4.78, 5) is 46.8. The zero-order valence-corrected chi connectivity index (χ0v) is 26.4. The van der Waals surface area contributed by atoms with E-state index in [1.54, 1.807) is 26.0 Å². The van der Waals surface area contributed by atoms with Crippen LogP contribution in [0.5, 0.6) is 0 Å². The van der Waals surface area contributed by atoms with E-state index in [0.717, 1.165) is 62.1 Å². The molecule has 0 radical (unpaired) electrons. The number of pyridine rings is 1. The number of rotatable bonds is 8. The molecule has 6 rings (SSSR count). The Morgan fingerprint density at radius 1 is 1.06 bits per heavy atom. The van der Waals surface area contributed by atoms with Crippen molar-refractivity contribution in [1.29, 1.82) is 0 Å². The molecule has 2 aromatic carbocycles. The minimum absolute atomic E-state index is 0.0654. The van der Waals surface area contributed by atoms with Crippen molar-refractivity contribution in [3.63, 3.8) is 0 Å². The van der Waals surface area contributed by atoms with Crippen molar-refractivity contribution in [3.05, 3.63) is 83.0 Å². The number of carbonyl (C=O) groups excluding carboxylic acids is 3. The van der Waals surface area contributed by atoms with Crippen LogP contribution in [0.25, 0.3) is 11.1 Å². The second kappa shape index (κ2) is 13.0. The minimum atomic E-state index is -4.62. The van der Waals surface area contributed by atoms with E-state index in [4.69, 9.17) is 9.40 Å². The number of alkyl halides is 3. The molecule has 14 heteroatoms. The van der Waals surface area contributed by atoms with Crippen LogP contribution in [0, 0.1) is 0 Å². The van der Waals surface area contributed by atoms with Crippen LogP contribution >= 0.6 is 0 Å². The van der Waals surface area contributed by atoms with Crippen LogP contribution in [-0.2, 0) is 27.9 Å². The molecule has 2 fully saturated rings. The van der Waals surface area contributed by atoms with Crippen molar-refractivity contribution in [3.8, 4) is 0 Å². The summed E-state index contributed by atoms with van der Waals surface area (Å²) in [7, 11) is 0. The first kappa shape index (κ1) is 33.1. The van der Waals surface area contributed by atoms with Gasteiger partial charge in [0.25, 0.3) is 5.91 Å². The molecule has 1 unspecified atom stereocenters. The third kappa shape index (κ3) is 7.50. The SMILES string of the molecule is CC(C)(O)c1cc2nc(C3CCN(Cc4ccc(NC5CCC(=O)NC5=O)cc4)CC3)oc2cc1NC(=O)c1ccc(C(F)(F)F)nc1. The van der Waals surface area contributed by atoms with E-state index in [1.807, 2.05) is 24.3 Å². The maximum Gasteiger partial charge on any atom is 0.433 e. The Hall–Kier alpha value is -4.82. The van der Waals surface area contributed by atoms with E-state index < -0.39 is 29.4 Å². The van der Waals surface area contributed by atoms with E-state index >= 15 is 0 Å². The number of hydrogen-bond acceptors (Lipinski definition) is 9. The first-order valence-corrected chi connectivity index (χ1v) is 15.7. The van der Waals surface area contributed by atoms with Gasteiger partial charge in [-0.15, -0.1) is 0 Å². The number of hydrogen-bond donors (Lipinski definition) is 4. The number of amides is 3. The van der Waals surface area contributed by atoms with Crippen LogP contribution in [0.3, 0.4) is 0 Å². The highest BCUT2D eigenvalue weighted by Gasteiger charge is 2.33. The van der Waals surface area contributed by atoms with Gasteiger partial charge < -0.3 is 20.2 Å². The molecule has 0 bridgehead atoms. The molecule has 2 aliphatic rings. The number of halogens is 3. The fraction of sp³-hybridized carbons (Fsp3) is 0.382. The van der Waals surface area contributed by atoms with Crippen LogP contribution in [0.4, 0.5) is 24.5 Å². The molecule has 4 aromatic rings. The number of anilines is 2. The number of aromatic nitrogens is 2. The van der Waals surface area contributed by atoms with Gasteiger partial charge in [-0.2, -0.15) is 13.2 Å². The Kier molecular flexibility index (Phi) is 8.96. The van der Waals surface area contributed by atoms with Crippen LogP contribution in [-0.4, -0.2) is 56.8 Å². The quantitative estimate of drug-likeness (QED) is 0.184. The topological polar surface area (TPSA) is 150 Å². The third-order valence-electron chi connectivity index (χ3n) is 8.64. The summed E-state index contributed by atoms with van der Waals surface area (Å²) in [5.41, 5.74) is 0.935. The fourth-order valence-corrected chi connectivity index (χ4v) is 6.00. The van der Waals surface area contributed by atoms with Crippen LogP contribution in [0.15, 0.2) is 59.1 Å². The molecule has 0 saturated carbocycles. The molecule has 2 saturated heterocycles. The number of piperidine rings is 2. The van der Waals surface area contributed by atoms with Gasteiger partial charge >= 0.3 is 6.18 Å². The maximum absolute atomic E-state index is 12.9. The lowest BCUT2D eigenvalue weighted by Gasteiger charge is -2.30. The van der Waals surface area contributed by atoms with Gasteiger partial charge in [0.2, 0.25) is 11.8 Å². The van der Waals surface area contributed by atoms with Crippen LogP contribution in [0.2, 0.25) is 0 Å². The number of nitrogens with one attached hydrogen (secondary N) is 3. The van der Waals surface area contributed by atoms with Crippen LogP contribution < -0.4 is 16.0 Å². The monoisotopic (exact) mass is 664 g/mol. The van der Waals surface area contributed by atoms with E-state index in [1.165, 1.54) is 0 Å². The number of carbonyl (C=O) groups is 3. The van der Waals surface area contributed by atoms with Crippen molar-refractivity contribution < 1.29 is 37.1 Å². The van der Waals surface area contributed by atoms with Gasteiger partial charge in [-0.3, -0.25) is 29.6 Å². The number of nitrogens with zero attached hydrogens (tertiary/aromatic N) is 3. The highest BCUT2D eigenvalue weighted by atomic mass is 19.4. The van der Waals surface area contributed by atoms with Crippen molar-refractivity contribution >= 4 is 40.2 Å². The summed E-state index contributed by atoms with van der Waals surface area (Å²) in [6, 6.07) is 12.5. The van der Waals surface area contributed by atoms with Gasteiger partial charge in [-0.25, -0.2) is 4.98 Å². The number of oxazole rings is 1. The number of benzene rings is 2. The van der Waals surface area contributed by atoms with E-state index in [0.29, 0.717) is 35.4 Å². The molecule has 4 heterocycles. The first-order valence-electron chi connectivity index (χ1n) is 15.7. The van der Waals surface area contributed by atoms with Gasteiger partial charge in [-0.1, -0.05) is 12.1 Å². The third-order valence-corrected chi connectivity index (χ3v) is 8.64. The standard InChI is InChI=1S/C34H35F3N6O5/c1-33(2,47)23-15-26-27(16-25(23)40-30(45)21-5-9-28(38-17-21)34(35,36)37)48-32(41-26)20-11-13-43(14-12-20)18-19-3-6-22(7-4-19)39-24-8-10-29(44)42-31(24)46/h3-7,9,15-17,20,24,39,47H,8,10-14,18H2,1-2H3,(H,40,45)(H,42,44,46). The number of aliphatic hydroxyl groups is 1. The number of imide groups is 1. The molecular weight excluding hydrogens is 629 g/mol. The zero-order valence-electron chi connectivity index (χ0n) is 26.4. The van der Waals surface area contributed by atoms with E-state index in [-0.39, 0.29) is 29.0 Å². The number of likely N-dealkylation sites (tertiary alicyclic amines) is 1. The maximum atomic E-state index is 12.9. The summed E-state index contributed by atoms with van der Waals surface area (Å²) in [5, 5.41) is 19.1. The van der Waals surface area contributed by atoms with Gasteiger partial charge in [0.1, 0.15) is 17.3 Å². The van der Waals surface area contributed by atoms with E-state index in [9.17, 15) is 32.7 Å². The van der Waals surface area contributed by atoms with Gasteiger partial charge in [-0.05, 0) is 82.1 Å². The summed E-state index contributed by atoms with van der Waals surface area (Å²) in [5.74, 6) is -0.617. The molecule has 4 N–H and O–H groups in total. The average Bonchev–Trinajstić information content (AvgIpc) is 3.45. The fourth-order valence-electron chi connectivity index (χ4n) is 6.00. The molecular formula is C34H35F3N6O5. The minimum Gasteiger partial charge on any atom is -0.440 e. The first-order chi connectivity index (χ1) is 22.7. The molecule has 3 amide bonds. The predicted octanol–water partition coefficient (Wildman–Crippen LogP) is 5.32. The summed E-state index contributed by atoms with van der Waals surface area (Å²) in [6.07, 6.45) is -1.37. The Balaban J connectivity index is 1.09. The summed E-state index contributed by atoms with van der Waals surface area (Å²) < 4.78 is 44.9. The largest absolute Gasteiger partial charge is 0.440 e. The summed E-state index contributed by atoms with van der Waals surface area (Å²) in [6.45, 7) is 5.50. The van der Waals surface area contributed by atoms with Gasteiger partial charge in [0, 0.05) is 42.4 Å². The summed E-state index contributed by atoms with van der Waals surface area (Å²) >= 11 is 0. The molecule has 0 aliphatic carbocycles. The van der Waals surface area contributed by atoms with Gasteiger partial charge in [0.05, 0.1) is 16.9 Å². The molecule has 1 atom stereocenters. The number of fused-ring (bicyclic) bond motifs is 1. The Bertz CT molecular complexity index is 1830. The molecule has 0 spiro atoms. The Labute approximate surface area is 273 Å². The molecule has 2 aliphatic heterocycles. The van der Waals surface area contributed by atoms with Crippen LogP contribution in [0.1, 0.15) is 78.5 Å². The normalized spacial score (nSPS) is 18.2. The average molecular weight is 665 g/mol. The Morgan fingerprint density at radius 3 is 2.42 bits per heavy atom. The lowest BCUT2D eigenvalue weighted by atomic mass is 9.95. The highest BCUT2D eigenvalue weighted by Crippen LogP contribution is 2.36. The lowest BCUT2D eigenvalue weighted by molar-refractivity contribution is -0.141. The van der Waals surface area contributed by atoms with Crippen molar-refractivity contribution in [2.24, 2.45) is 0 Å². The van der Waals surface area contributed by atoms with E-state index in [2.05, 4.69) is 25.8 Å². The molecule has 2 aromatic heterocycles. The second-order valence-electron chi connectivity index (χ2n) is 12.8. The molecule has 252 valence electrons. The van der Waals surface area contributed by atoms with Crippen molar-refractivity contribution in [2.75, 3.05) is 23.7 Å². The molecule has 48 heavy (non-hydrogen) atoms.